The van der Waals surface area contributed by atoms with Gasteiger partial charge in [-0.1, -0.05) is 343 Å². The molecule has 0 rings (SSSR count). The highest BCUT2D eigenvalue weighted by Gasteiger charge is 2.30. The van der Waals surface area contributed by atoms with Crippen LogP contribution in [-0.4, -0.2) is 96.7 Å². The van der Waals surface area contributed by atoms with E-state index >= 15 is 0 Å². The minimum atomic E-state index is -4.96. The van der Waals surface area contributed by atoms with Crippen molar-refractivity contribution in [3.05, 3.63) is 0 Å². The highest BCUT2D eigenvalue weighted by Crippen LogP contribution is 2.45. The summed E-state index contributed by atoms with van der Waals surface area (Å²) >= 11 is 0. The summed E-state index contributed by atoms with van der Waals surface area (Å²) < 4.78 is 68.6. The van der Waals surface area contributed by atoms with E-state index in [9.17, 15) is 43.2 Å². The molecule has 2 unspecified atom stereocenters. The summed E-state index contributed by atoms with van der Waals surface area (Å²) in [5, 5.41) is 10.6. The van der Waals surface area contributed by atoms with Crippen LogP contribution in [0.25, 0.3) is 0 Å². The Morgan fingerprint density at radius 3 is 0.716 bits per heavy atom. The molecule has 0 amide bonds. The van der Waals surface area contributed by atoms with Crippen LogP contribution in [0.15, 0.2) is 0 Å². The van der Waals surface area contributed by atoms with Crippen molar-refractivity contribution in [1.82, 2.24) is 0 Å². The topological polar surface area (TPSA) is 237 Å². The monoisotopic (exact) mass is 1400 g/mol. The molecule has 0 saturated carbocycles. The number of hydrogen-bond donors (Lipinski definition) is 3. The summed E-state index contributed by atoms with van der Waals surface area (Å²) in [4.78, 5) is 72.8. The maximum absolute atomic E-state index is 13.1. The third-order valence-corrected chi connectivity index (χ3v) is 19.6. The summed E-state index contributed by atoms with van der Waals surface area (Å²) in [5.74, 6) is -0.611. The number of aliphatic hydroxyl groups excluding tert-OH is 1. The lowest BCUT2D eigenvalue weighted by Crippen LogP contribution is -2.30. The molecular formula is C76H148O17P2. The van der Waals surface area contributed by atoms with Gasteiger partial charge >= 0.3 is 39.5 Å². The van der Waals surface area contributed by atoms with Crippen LogP contribution in [0.2, 0.25) is 0 Å². The third kappa shape index (κ3) is 70.3. The van der Waals surface area contributed by atoms with Crippen molar-refractivity contribution < 1.29 is 80.2 Å². The molecule has 5 atom stereocenters. The maximum atomic E-state index is 13.1. The van der Waals surface area contributed by atoms with E-state index in [0.29, 0.717) is 25.7 Å². The quantitative estimate of drug-likeness (QED) is 0.0222. The second-order valence-corrected chi connectivity index (χ2v) is 31.3. The van der Waals surface area contributed by atoms with E-state index in [1.165, 1.54) is 212 Å². The number of phosphoric ester groups is 2. The van der Waals surface area contributed by atoms with E-state index < -0.39 is 97.5 Å². The molecule has 0 bridgehead atoms. The predicted octanol–water partition coefficient (Wildman–Crippen LogP) is 22.3. The second-order valence-electron chi connectivity index (χ2n) is 28.3. The standard InChI is InChI=1S/C76H148O17P2/c1-7-9-11-13-15-17-19-21-22-23-24-26-28-36-43-49-55-61-76(81)92-71(64-86-73(78)58-52-46-40-34-30-29-32-38-44-50-56-68(3)4)66-90-94(82,83)88-62-70(77)63-89-95(84,85)91-67-72(65-87-74(79)59-53-47-41-37-31-33-39-45-51-57-69(5)6)93-75(80)60-54-48-42-35-27-25-20-18-16-14-12-10-8-2/h68-72,77H,7-67H2,1-6H3,(H,82,83)(H,84,85)/t70-,71-,72-/m1/s1. The zero-order chi connectivity index (χ0) is 70.0. The van der Waals surface area contributed by atoms with Gasteiger partial charge < -0.3 is 33.8 Å². The lowest BCUT2D eigenvalue weighted by atomic mass is 10.0. The van der Waals surface area contributed by atoms with Crippen molar-refractivity contribution in [2.45, 2.75) is 413 Å². The Hall–Kier alpha value is -1.94. The largest absolute Gasteiger partial charge is 0.472 e. The van der Waals surface area contributed by atoms with Crippen LogP contribution in [0.4, 0.5) is 0 Å². The van der Waals surface area contributed by atoms with Gasteiger partial charge in [0.05, 0.1) is 26.4 Å². The molecule has 0 aliphatic heterocycles. The first-order valence-corrected chi connectivity index (χ1v) is 42.5. The van der Waals surface area contributed by atoms with Gasteiger partial charge in [-0.3, -0.25) is 37.3 Å². The summed E-state index contributed by atoms with van der Waals surface area (Å²) in [6.07, 6.45) is 55.4. The van der Waals surface area contributed by atoms with Gasteiger partial charge in [-0.2, -0.15) is 0 Å². The molecule has 0 saturated heterocycles. The van der Waals surface area contributed by atoms with E-state index in [1.807, 2.05) is 0 Å². The molecule has 95 heavy (non-hydrogen) atoms. The molecule has 0 radical (unpaired) electrons. The van der Waals surface area contributed by atoms with Crippen LogP contribution >= 0.6 is 15.6 Å². The van der Waals surface area contributed by atoms with Crippen molar-refractivity contribution in [1.29, 1.82) is 0 Å². The smallest absolute Gasteiger partial charge is 0.462 e. The highest BCUT2D eigenvalue weighted by atomic mass is 31.2. The SMILES string of the molecule is CCCCCCCCCCCCCCCCCCCC(=O)O[C@H](COC(=O)CCCCCCCCCCCCC(C)C)COP(=O)(O)OC[C@@H](O)COP(=O)(O)OC[C@@H](COC(=O)CCCCCCCCCCCC(C)C)OC(=O)CCCCCCCCCCCCCCC. The molecular weight excluding hydrogens is 1250 g/mol. The van der Waals surface area contributed by atoms with Crippen LogP contribution in [0.3, 0.4) is 0 Å². The third-order valence-electron chi connectivity index (χ3n) is 17.7. The number of hydrogen-bond acceptors (Lipinski definition) is 15. The van der Waals surface area contributed by atoms with Crippen molar-refractivity contribution in [2.75, 3.05) is 39.6 Å². The zero-order valence-electron chi connectivity index (χ0n) is 62.0. The molecule has 3 N–H and O–H groups in total. The molecule has 0 fully saturated rings. The number of phosphoric acid groups is 2. The van der Waals surface area contributed by atoms with E-state index in [0.717, 1.165) is 102 Å². The molecule has 0 aliphatic carbocycles. The zero-order valence-corrected chi connectivity index (χ0v) is 63.8. The first-order valence-electron chi connectivity index (χ1n) is 39.5. The fourth-order valence-electron chi connectivity index (χ4n) is 11.7. The Balaban J connectivity index is 5.26. The van der Waals surface area contributed by atoms with Crippen LogP contribution in [0.1, 0.15) is 395 Å². The van der Waals surface area contributed by atoms with Crippen molar-refractivity contribution in [3.8, 4) is 0 Å². The fourth-order valence-corrected chi connectivity index (χ4v) is 13.2. The first-order chi connectivity index (χ1) is 45.9. The molecule has 564 valence electrons. The number of unbranched alkanes of at least 4 members (excludes halogenated alkanes) is 45. The van der Waals surface area contributed by atoms with E-state index in [4.69, 9.17) is 37.0 Å². The summed E-state index contributed by atoms with van der Waals surface area (Å²) in [6.45, 7) is 9.58. The van der Waals surface area contributed by atoms with Crippen LogP contribution < -0.4 is 0 Å². The molecule has 17 nitrogen and oxygen atoms in total. The molecule has 0 heterocycles. The molecule has 0 aromatic carbocycles. The van der Waals surface area contributed by atoms with Gasteiger partial charge in [-0.05, 0) is 37.5 Å². The Bertz CT molecular complexity index is 1840. The summed E-state index contributed by atoms with van der Waals surface area (Å²) in [6, 6.07) is 0. The average molecular weight is 1400 g/mol. The Morgan fingerprint density at radius 1 is 0.284 bits per heavy atom. The van der Waals surface area contributed by atoms with Crippen LogP contribution in [-0.2, 0) is 65.4 Å². The van der Waals surface area contributed by atoms with Crippen molar-refractivity contribution >= 4 is 39.5 Å². The normalized spacial score (nSPS) is 14.0. The predicted molar refractivity (Wildman–Crippen MR) is 386 cm³/mol. The number of esters is 4. The summed E-state index contributed by atoms with van der Waals surface area (Å²) in [7, 11) is -9.91. The summed E-state index contributed by atoms with van der Waals surface area (Å²) in [5.41, 5.74) is 0. The second kappa shape index (κ2) is 67.9. The molecule has 0 aliphatic rings. The van der Waals surface area contributed by atoms with Gasteiger partial charge in [0.1, 0.15) is 19.3 Å². The number of carbonyl (C=O) groups excluding carboxylic acids is 4. The van der Waals surface area contributed by atoms with E-state index in [1.54, 1.807) is 0 Å². The number of aliphatic hydroxyl groups is 1. The minimum Gasteiger partial charge on any atom is -0.462 e. The van der Waals surface area contributed by atoms with Crippen molar-refractivity contribution in [2.24, 2.45) is 11.8 Å². The Kier molecular flexibility index (Phi) is 66.5. The fraction of sp³-hybridized carbons (Fsp3) is 0.947. The van der Waals surface area contributed by atoms with Gasteiger partial charge in [0.25, 0.3) is 0 Å². The molecule has 19 heteroatoms. The Labute approximate surface area is 581 Å². The lowest BCUT2D eigenvalue weighted by Gasteiger charge is -2.21. The molecule has 0 aromatic heterocycles. The lowest BCUT2D eigenvalue weighted by molar-refractivity contribution is -0.161. The number of carbonyl (C=O) groups is 4. The average Bonchev–Trinajstić information content (AvgIpc) is 1.71. The number of rotatable bonds is 75. The van der Waals surface area contributed by atoms with Gasteiger partial charge in [0.15, 0.2) is 12.2 Å². The van der Waals surface area contributed by atoms with Gasteiger partial charge in [-0.25, -0.2) is 9.13 Å². The number of ether oxygens (including phenoxy) is 4. The molecule has 0 aromatic rings. The van der Waals surface area contributed by atoms with Gasteiger partial charge in [0.2, 0.25) is 0 Å². The van der Waals surface area contributed by atoms with Crippen LogP contribution in [0, 0.1) is 11.8 Å². The Morgan fingerprint density at radius 2 is 0.484 bits per heavy atom. The molecule has 0 spiro atoms. The highest BCUT2D eigenvalue weighted by molar-refractivity contribution is 7.47. The minimum absolute atomic E-state index is 0.107. The van der Waals surface area contributed by atoms with Crippen LogP contribution in [0.5, 0.6) is 0 Å². The maximum Gasteiger partial charge on any atom is 0.472 e. The van der Waals surface area contributed by atoms with Gasteiger partial charge in [-0.15, -0.1) is 0 Å². The van der Waals surface area contributed by atoms with E-state index in [2.05, 4.69) is 41.5 Å². The van der Waals surface area contributed by atoms with E-state index in [-0.39, 0.29) is 25.7 Å². The first kappa shape index (κ1) is 93.1. The van der Waals surface area contributed by atoms with Gasteiger partial charge in [0, 0.05) is 25.7 Å². The van der Waals surface area contributed by atoms with Crippen molar-refractivity contribution in [3.63, 3.8) is 0 Å².